The standard InChI is InChI=1S/C14H15FN2O/c1-9(2)17-13(4-5-16-17)14(18)11-6-10(3)7-12(15)8-11/h4-9H,1-3H3. The summed E-state index contributed by atoms with van der Waals surface area (Å²) in [5, 5.41) is 4.11. The van der Waals surface area contributed by atoms with Crippen molar-refractivity contribution < 1.29 is 9.18 Å². The maximum absolute atomic E-state index is 13.3. The fourth-order valence-electron chi connectivity index (χ4n) is 1.92. The minimum Gasteiger partial charge on any atom is -0.287 e. The van der Waals surface area contributed by atoms with Crippen LogP contribution in [0.1, 0.15) is 41.5 Å². The van der Waals surface area contributed by atoms with E-state index in [0.717, 1.165) is 5.56 Å². The molecule has 0 aliphatic heterocycles. The zero-order valence-corrected chi connectivity index (χ0v) is 10.6. The van der Waals surface area contributed by atoms with Gasteiger partial charge in [-0.1, -0.05) is 0 Å². The number of hydrogen-bond acceptors (Lipinski definition) is 2. The molecule has 18 heavy (non-hydrogen) atoms. The molecule has 0 amide bonds. The Labute approximate surface area is 105 Å². The Bertz CT molecular complexity index is 567. The number of benzene rings is 1. The third kappa shape index (κ3) is 2.32. The lowest BCUT2D eigenvalue weighted by molar-refractivity contribution is 0.102. The number of carbonyl (C=O) groups is 1. The highest BCUT2D eigenvalue weighted by molar-refractivity contribution is 6.08. The summed E-state index contributed by atoms with van der Waals surface area (Å²) >= 11 is 0. The molecule has 0 fully saturated rings. The SMILES string of the molecule is Cc1cc(F)cc(C(=O)c2ccnn2C(C)C)c1. The highest BCUT2D eigenvalue weighted by Gasteiger charge is 2.16. The monoisotopic (exact) mass is 246 g/mol. The Hall–Kier alpha value is -1.97. The van der Waals surface area contributed by atoms with Crippen molar-refractivity contribution in [1.29, 1.82) is 0 Å². The fourth-order valence-corrected chi connectivity index (χ4v) is 1.92. The van der Waals surface area contributed by atoms with Gasteiger partial charge < -0.3 is 0 Å². The van der Waals surface area contributed by atoms with E-state index in [-0.39, 0.29) is 11.8 Å². The summed E-state index contributed by atoms with van der Waals surface area (Å²) in [5.74, 6) is -0.599. The van der Waals surface area contributed by atoms with Gasteiger partial charge in [-0.15, -0.1) is 0 Å². The smallest absolute Gasteiger partial charge is 0.211 e. The van der Waals surface area contributed by atoms with Gasteiger partial charge in [0.25, 0.3) is 0 Å². The molecule has 0 atom stereocenters. The largest absolute Gasteiger partial charge is 0.287 e. The van der Waals surface area contributed by atoms with Crippen LogP contribution >= 0.6 is 0 Å². The Kier molecular flexibility index (Phi) is 3.28. The van der Waals surface area contributed by atoms with Gasteiger partial charge in [-0.3, -0.25) is 9.48 Å². The number of ketones is 1. The summed E-state index contributed by atoms with van der Waals surface area (Å²) in [6.07, 6.45) is 1.58. The molecule has 4 heteroatoms. The Balaban J connectivity index is 2.45. The number of carbonyl (C=O) groups excluding carboxylic acids is 1. The first-order valence-corrected chi connectivity index (χ1v) is 5.84. The van der Waals surface area contributed by atoms with Crippen molar-refractivity contribution in [2.75, 3.05) is 0 Å². The van der Waals surface area contributed by atoms with E-state index in [1.165, 1.54) is 12.1 Å². The first kappa shape index (κ1) is 12.5. The number of nitrogens with zero attached hydrogens (tertiary/aromatic N) is 2. The van der Waals surface area contributed by atoms with Crippen LogP contribution in [0.5, 0.6) is 0 Å². The zero-order chi connectivity index (χ0) is 13.3. The molecule has 0 aliphatic carbocycles. The van der Waals surface area contributed by atoms with E-state index in [1.807, 2.05) is 13.8 Å². The Morgan fingerprint density at radius 1 is 1.33 bits per heavy atom. The number of rotatable bonds is 3. The van der Waals surface area contributed by atoms with E-state index in [0.29, 0.717) is 11.3 Å². The lowest BCUT2D eigenvalue weighted by Gasteiger charge is -2.10. The molecule has 2 aromatic rings. The maximum atomic E-state index is 13.3. The number of aromatic nitrogens is 2. The molecular weight excluding hydrogens is 231 g/mol. The van der Waals surface area contributed by atoms with Crippen LogP contribution in [0.15, 0.2) is 30.5 Å². The topological polar surface area (TPSA) is 34.9 Å². The van der Waals surface area contributed by atoms with Gasteiger partial charge in [-0.05, 0) is 50.6 Å². The molecule has 0 saturated heterocycles. The van der Waals surface area contributed by atoms with Gasteiger partial charge in [0, 0.05) is 17.8 Å². The minimum atomic E-state index is -0.394. The highest BCUT2D eigenvalue weighted by Crippen LogP contribution is 2.16. The quantitative estimate of drug-likeness (QED) is 0.780. The molecule has 2 rings (SSSR count). The molecule has 3 nitrogen and oxygen atoms in total. The number of hydrogen-bond donors (Lipinski definition) is 0. The molecule has 0 unspecified atom stereocenters. The van der Waals surface area contributed by atoms with Gasteiger partial charge >= 0.3 is 0 Å². The average molecular weight is 246 g/mol. The molecule has 0 bridgehead atoms. The van der Waals surface area contributed by atoms with Crippen molar-refractivity contribution in [1.82, 2.24) is 9.78 Å². The molecule has 94 valence electrons. The highest BCUT2D eigenvalue weighted by atomic mass is 19.1. The van der Waals surface area contributed by atoms with Crippen molar-refractivity contribution in [3.05, 3.63) is 53.1 Å². The van der Waals surface area contributed by atoms with Gasteiger partial charge in [0.1, 0.15) is 11.5 Å². The number of halogens is 1. The van der Waals surface area contributed by atoms with Crippen LogP contribution in [0.3, 0.4) is 0 Å². The third-order valence-corrected chi connectivity index (χ3v) is 2.70. The van der Waals surface area contributed by atoms with Gasteiger partial charge in [-0.2, -0.15) is 5.10 Å². The van der Waals surface area contributed by atoms with Crippen molar-refractivity contribution >= 4 is 5.78 Å². The van der Waals surface area contributed by atoms with Crippen molar-refractivity contribution in [3.63, 3.8) is 0 Å². The van der Waals surface area contributed by atoms with Crippen molar-refractivity contribution in [2.45, 2.75) is 26.8 Å². The second-order valence-electron chi connectivity index (χ2n) is 4.60. The van der Waals surface area contributed by atoms with Crippen LogP contribution in [0.4, 0.5) is 4.39 Å². The Morgan fingerprint density at radius 3 is 2.67 bits per heavy atom. The summed E-state index contributed by atoms with van der Waals surface area (Å²) in [4.78, 5) is 12.3. The first-order chi connectivity index (χ1) is 8.49. The molecule has 0 radical (unpaired) electrons. The van der Waals surface area contributed by atoms with Crippen LogP contribution in [0, 0.1) is 12.7 Å². The third-order valence-electron chi connectivity index (χ3n) is 2.70. The number of aryl methyl sites for hydroxylation is 1. The van der Waals surface area contributed by atoms with E-state index >= 15 is 0 Å². The van der Waals surface area contributed by atoms with Crippen molar-refractivity contribution in [3.8, 4) is 0 Å². The van der Waals surface area contributed by atoms with Gasteiger partial charge in [0.2, 0.25) is 5.78 Å². The second kappa shape index (κ2) is 4.72. The summed E-state index contributed by atoms with van der Waals surface area (Å²) < 4.78 is 15.0. The van der Waals surface area contributed by atoms with E-state index < -0.39 is 5.82 Å². The molecular formula is C14H15FN2O. The predicted octanol–water partition coefficient (Wildman–Crippen LogP) is 3.14. The van der Waals surface area contributed by atoms with Crippen molar-refractivity contribution in [2.24, 2.45) is 0 Å². The second-order valence-corrected chi connectivity index (χ2v) is 4.60. The predicted molar refractivity (Wildman–Crippen MR) is 67.2 cm³/mol. The van der Waals surface area contributed by atoms with Gasteiger partial charge in [0.15, 0.2) is 0 Å². The van der Waals surface area contributed by atoms with E-state index in [4.69, 9.17) is 0 Å². The minimum absolute atomic E-state index is 0.0913. The molecule has 0 aliphatic rings. The van der Waals surface area contributed by atoms with Crippen LogP contribution in [-0.2, 0) is 0 Å². The molecule has 0 saturated carbocycles. The molecule has 1 heterocycles. The molecule has 0 N–H and O–H groups in total. The van der Waals surface area contributed by atoms with E-state index in [9.17, 15) is 9.18 Å². The van der Waals surface area contributed by atoms with Crippen LogP contribution in [-0.4, -0.2) is 15.6 Å². The Morgan fingerprint density at radius 2 is 2.06 bits per heavy atom. The average Bonchev–Trinajstić information content (AvgIpc) is 2.75. The maximum Gasteiger partial charge on any atom is 0.211 e. The van der Waals surface area contributed by atoms with E-state index in [1.54, 1.807) is 29.9 Å². The van der Waals surface area contributed by atoms with Gasteiger partial charge in [-0.25, -0.2) is 4.39 Å². The molecule has 1 aromatic carbocycles. The summed E-state index contributed by atoms with van der Waals surface area (Å²) in [6.45, 7) is 5.65. The normalized spacial score (nSPS) is 10.9. The van der Waals surface area contributed by atoms with Gasteiger partial charge in [0.05, 0.1) is 0 Å². The van der Waals surface area contributed by atoms with Crippen LogP contribution in [0.2, 0.25) is 0 Å². The van der Waals surface area contributed by atoms with Crippen LogP contribution < -0.4 is 0 Å². The summed E-state index contributed by atoms with van der Waals surface area (Å²) in [5.41, 5.74) is 1.57. The fraction of sp³-hybridized carbons (Fsp3) is 0.286. The first-order valence-electron chi connectivity index (χ1n) is 5.84. The lowest BCUT2D eigenvalue weighted by Crippen LogP contribution is -2.13. The van der Waals surface area contributed by atoms with Crippen LogP contribution in [0.25, 0.3) is 0 Å². The summed E-state index contributed by atoms with van der Waals surface area (Å²) in [6, 6.07) is 6.09. The zero-order valence-electron chi connectivity index (χ0n) is 10.6. The van der Waals surface area contributed by atoms with E-state index in [2.05, 4.69) is 5.10 Å². The molecule has 1 aromatic heterocycles. The summed E-state index contributed by atoms with van der Waals surface area (Å²) in [7, 11) is 0. The molecule has 0 spiro atoms. The lowest BCUT2D eigenvalue weighted by atomic mass is 10.1.